The summed E-state index contributed by atoms with van der Waals surface area (Å²) in [5.74, 6) is 3.36. The first kappa shape index (κ1) is 12.7. The first-order valence-corrected chi connectivity index (χ1v) is 8.98. The van der Waals surface area contributed by atoms with Gasteiger partial charge in [-0.05, 0) is 88.4 Å². The zero-order chi connectivity index (χ0) is 14.2. The summed E-state index contributed by atoms with van der Waals surface area (Å²) in [7, 11) is 0. The summed E-state index contributed by atoms with van der Waals surface area (Å²) in [5.41, 5.74) is 1.02. The van der Waals surface area contributed by atoms with Gasteiger partial charge in [0.05, 0.1) is 5.41 Å². The molecule has 0 aliphatic heterocycles. The van der Waals surface area contributed by atoms with Crippen molar-refractivity contribution in [1.82, 2.24) is 0 Å². The van der Waals surface area contributed by atoms with Gasteiger partial charge in [-0.25, -0.2) is 0 Å². The summed E-state index contributed by atoms with van der Waals surface area (Å²) in [6.45, 7) is 2.14. The summed E-state index contributed by atoms with van der Waals surface area (Å²) in [4.78, 5) is 13.0. The molecule has 0 aromatic heterocycles. The molecular weight excluding hydrogens is 260 g/mol. The van der Waals surface area contributed by atoms with E-state index in [1.54, 1.807) is 0 Å². The number of hydrogen-bond acceptors (Lipinski definition) is 2. The number of rotatable bonds is 2. The average Bonchev–Trinajstić information content (AvgIpc) is 2.96. The molecule has 0 spiro atoms. The molecule has 6 aliphatic rings. The monoisotopic (exact) mass is 286 g/mol. The van der Waals surface area contributed by atoms with E-state index in [9.17, 15) is 4.79 Å². The predicted octanol–water partition coefficient (Wildman–Crippen LogP) is 4.24. The molecule has 0 heterocycles. The van der Waals surface area contributed by atoms with E-state index in [1.165, 1.54) is 31.3 Å². The van der Waals surface area contributed by atoms with Gasteiger partial charge >= 0.3 is 5.97 Å². The number of carbonyl (C=O) groups is 1. The van der Waals surface area contributed by atoms with Crippen molar-refractivity contribution < 1.29 is 9.53 Å². The zero-order valence-electron chi connectivity index (χ0n) is 13.1. The van der Waals surface area contributed by atoms with Gasteiger partial charge in [-0.1, -0.05) is 11.6 Å². The van der Waals surface area contributed by atoms with E-state index < -0.39 is 0 Å². The van der Waals surface area contributed by atoms with E-state index >= 15 is 0 Å². The summed E-state index contributed by atoms with van der Waals surface area (Å²) in [5, 5.41) is 0. The van der Waals surface area contributed by atoms with Crippen LogP contribution in [0.4, 0.5) is 0 Å². The van der Waals surface area contributed by atoms with E-state index in [2.05, 4.69) is 13.0 Å². The fourth-order valence-corrected chi connectivity index (χ4v) is 6.78. The molecule has 5 saturated carbocycles. The van der Waals surface area contributed by atoms with Crippen LogP contribution in [0.1, 0.15) is 64.7 Å². The Kier molecular flexibility index (Phi) is 2.39. The minimum absolute atomic E-state index is 0.0722. The molecule has 114 valence electrons. The van der Waals surface area contributed by atoms with E-state index in [1.807, 2.05) is 0 Å². The molecule has 2 nitrogen and oxygen atoms in total. The van der Waals surface area contributed by atoms with Gasteiger partial charge in [0.25, 0.3) is 0 Å². The second-order valence-electron chi connectivity index (χ2n) is 9.06. The second-order valence-corrected chi connectivity index (χ2v) is 9.06. The minimum Gasteiger partial charge on any atom is -0.458 e. The van der Waals surface area contributed by atoms with Gasteiger partial charge in [-0.3, -0.25) is 4.79 Å². The second kappa shape index (κ2) is 3.94. The number of fused-ring (bicyclic) bond motifs is 2. The van der Waals surface area contributed by atoms with E-state index in [4.69, 9.17) is 4.74 Å². The standard InChI is InChI=1S/C19H26O2/c1-18(8-12-2-3-16(18)7-12)17(20)21-19-9-13-4-14(10-19)6-15(5-13)11-19/h3,12-15H,2,4-11H2,1H3. The highest BCUT2D eigenvalue weighted by atomic mass is 16.6. The Hall–Kier alpha value is -0.790. The molecule has 2 atom stereocenters. The fraction of sp³-hybridized carbons (Fsp3) is 0.842. The summed E-state index contributed by atoms with van der Waals surface area (Å²) < 4.78 is 6.31. The van der Waals surface area contributed by atoms with Crippen LogP contribution >= 0.6 is 0 Å². The van der Waals surface area contributed by atoms with Gasteiger partial charge in [-0.15, -0.1) is 0 Å². The third-order valence-corrected chi connectivity index (χ3v) is 7.35. The lowest BCUT2D eigenvalue weighted by molar-refractivity contribution is -0.194. The van der Waals surface area contributed by atoms with Crippen LogP contribution < -0.4 is 0 Å². The lowest BCUT2D eigenvalue weighted by Gasteiger charge is -2.56. The highest BCUT2D eigenvalue weighted by Gasteiger charge is 2.56. The van der Waals surface area contributed by atoms with Gasteiger partial charge in [0.1, 0.15) is 5.60 Å². The van der Waals surface area contributed by atoms with Crippen molar-refractivity contribution in [3.63, 3.8) is 0 Å². The lowest BCUT2D eigenvalue weighted by Crippen LogP contribution is -2.54. The summed E-state index contributed by atoms with van der Waals surface area (Å²) >= 11 is 0. The Balaban J connectivity index is 1.39. The molecule has 2 heteroatoms. The van der Waals surface area contributed by atoms with Crippen LogP contribution in [0.5, 0.6) is 0 Å². The molecule has 2 unspecified atom stereocenters. The number of ether oxygens (including phenoxy) is 1. The number of allylic oxidation sites excluding steroid dienone is 1. The number of esters is 1. The first-order chi connectivity index (χ1) is 10.0. The Bertz CT molecular complexity index is 496. The van der Waals surface area contributed by atoms with Crippen molar-refractivity contribution in [2.24, 2.45) is 29.1 Å². The molecule has 6 rings (SSSR count). The van der Waals surface area contributed by atoms with Gasteiger partial charge in [-0.2, -0.15) is 0 Å². The maximum Gasteiger partial charge on any atom is 0.316 e. The van der Waals surface area contributed by atoms with Crippen molar-refractivity contribution >= 4 is 5.97 Å². The van der Waals surface area contributed by atoms with Crippen molar-refractivity contribution in [3.05, 3.63) is 11.6 Å². The van der Waals surface area contributed by atoms with Gasteiger partial charge in [0.2, 0.25) is 0 Å². The predicted molar refractivity (Wildman–Crippen MR) is 80.5 cm³/mol. The molecular formula is C19H26O2. The van der Waals surface area contributed by atoms with Crippen LogP contribution in [-0.4, -0.2) is 11.6 Å². The van der Waals surface area contributed by atoms with Crippen LogP contribution in [0.25, 0.3) is 0 Å². The van der Waals surface area contributed by atoms with E-state index in [-0.39, 0.29) is 17.0 Å². The third-order valence-electron chi connectivity index (χ3n) is 7.35. The molecule has 0 aromatic carbocycles. The number of carbonyl (C=O) groups excluding carboxylic acids is 1. The minimum atomic E-state index is -0.285. The van der Waals surface area contributed by atoms with Crippen LogP contribution in [0.2, 0.25) is 0 Å². The summed E-state index contributed by atoms with van der Waals surface area (Å²) in [6.07, 6.45) is 13.4. The Morgan fingerprint density at radius 2 is 1.67 bits per heavy atom. The maximum absolute atomic E-state index is 13.0. The zero-order valence-corrected chi connectivity index (χ0v) is 13.1. The van der Waals surface area contributed by atoms with Crippen LogP contribution in [0, 0.1) is 29.1 Å². The highest BCUT2D eigenvalue weighted by molar-refractivity contribution is 5.82. The normalized spacial score (nSPS) is 53.1. The molecule has 6 aliphatic carbocycles. The Labute approximate surface area is 127 Å². The lowest BCUT2D eigenvalue weighted by atomic mass is 9.54. The Morgan fingerprint density at radius 3 is 2.14 bits per heavy atom. The third kappa shape index (κ3) is 1.74. The molecule has 21 heavy (non-hydrogen) atoms. The van der Waals surface area contributed by atoms with Crippen molar-refractivity contribution in [1.29, 1.82) is 0 Å². The van der Waals surface area contributed by atoms with Gasteiger partial charge in [0, 0.05) is 0 Å². The molecule has 0 radical (unpaired) electrons. The maximum atomic E-state index is 13.0. The SMILES string of the molecule is CC1(C(=O)OC23CC4CC(CC(C4)C2)C3)CC2CC=C1C2. The van der Waals surface area contributed by atoms with Crippen molar-refractivity contribution in [3.8, 4) is 0 Å². The molecule has 0 amide bonds. The smallest absolute Gasteiger partial charge is 0.316 e. The molecule has 0 aromatic rings. The van der Waals surface area contributed by atoms with E-state index in [0.717, 1.165) is 49.9 Å². The van der Waals surface area contributed by atoms with Crippen LogP contribution in [-0.2, 0) is 9.53 Å². The Morgan fingerprint density at radius 1 is 1.05 bits per heavy atom. The highest BCUT2D eigenvalue weighted by Crippen LogP contribution is 2.59. The van der Waals surface area contributed by atoms with Gasteiger partial charge < -0.3 is 4.74 Å². The molecule has 5 fully saturated rings. The quantitative estimate of drug-likeness (QED) is 0.560. The van der Waals surface area contributed by atoms with Crippen LogP contribution in [0.3, 0.4) is 0 Å². The molecule has 0 saturated heterocycles. The number of hydrogen-bond donors (Lipinski definition) is 0. The largest absolute Gasteiger partial charge is 0.458 e. The van der Waals surface area contributed by atoms with E-state index in [0.29, 0.717) is 5.92 Å². The van der Waals surface area contributed by atoms with Crippen molar-refractivity contribution in [2.45, 2.75) is 70.3 Å². The summed E-state index contributed by atoms with van der Waals surface area (Å²) in [6, 6.07) is 0. The topological polar surface area (TPSA) is 26.3 Å². The van der Waals surface area contributed by atoms with Gasteiger partial charge in [0.15, 0.2) is 0 Å². The first-order valence-electron chi connectivity index (χ1n) is 8.98. The fourth-order valence-electron chi connectivity index (χ4n) is 6.78. The van der Waals surface area contributed by atoms with Crippen LogP contribution in [0.15, 0.2) is 11.6 Å². The average molecular weight is 286 g/mol. The van der Waals surface area contributed by atoms with Crippen molar-refractivity contribution in [2.75, 3.05) is 0 Å². The molecule has 6 bridgehead atoms. The molecule has 0 N–H and O–H groups in total.